The molecule has 5 aromatic rings. The monoisotopic (exact) mass is 658 g/mol. The summed E-state index contributed by atoms with van der Waals surface area (Å²) in [6.07, 6.45) is 5.75. The summed E-state index contributed by atoms with van der Waals surface area (Å²) in [6, 6.07) is 24.3. The zero-order valence-electron chi connectivity index (χ0n) is 28.1. The van der Waals surface area contributed by atoms with Crippen molar-refractivity contribution in [2.45, 2.75) is 70.6 Å². The van der Waals surface area contributed by atoms with E-state index in [4.69, 9.17) is 9.72 Å². The standard InChI is InChI=1S/C39H42N6O4/c1-39(2,3)30-21-28(32-23-41-36(43-32)34-12-8-20-45(34)38(48)49-24-25-9-5-4-6-10-25)17-18-29(30)26-13-15-27(16-14-26)31-22-40-35(42-31)33-11-7-19-44(33)37(46)47/h4-6,9-10,13-18,21-23,33-34H,7-8,11-12,19-20,24H2,1-3H3,(H,40,42)(H,41,43)(H,46,47). The second kappa shape index (κ2) is 13.3. The van der Waals surface area contributed by atoms with E-state index in [-0.39, 0.29) is 30.2 Å². The number of H-pyrrole nitrogens is 2. The van der Waals surface area contributed by atoms with Crippen molar-refractivity contribution in [2.75, 3.05) is 13.1 Å². The molecule has 0 spiro atoms. The summed E-state index contributed by atoms with van der Waals surface area (Å²) in [6.45, 7) is 8.07. The van der Waals surface area contributed by atoms with Crippen molar-refractivity contribution in [3.05, 3.63) is 108 Å². The number of benzene rings is 3. The minimum atomic E-state index is -0.907. The van der Waals surface area contributed by atoms with Crippen molar-refractivity contribution in [3.63, 3.8) is 0 Å². The second-order valence-electron chi connectivity index (χ2n) is 14.0. The van der Waals surface area contributed by atoms with E-state index < -0.39 is 6.09 Å². The number of hydrogen-bond acceptors (Lipinski definition) is 5. The van der Waals surface area contributed by atoms with Gasteiger partial charge in [0.15, 0.2) is 0 Å². The third kappa shape index (κ3) is 6.68. The number of hydrogen-bond donors (Lipinski definition) is 3. The highest BCUT2D eigenvalue weighted by Gasteiger charge is 2.34. The lowest BCUT2D eigenvalue weighted by atomic mass is 9.80. The number of nitrogens with one attached hydrogen (secondary N) is 2. The van der Waals surface area contributed by atoms with Crippen LogP contribution in [0.5, 0.6) is 0 Å². The van der Waals surface area contributed by atoms with Crippen molar-refractivity contribution in [2.24, 2.45) is 0 Å². The minimum absolute atomic E-state index is 0.132. The van der Waals surface area contributed by atoms with Gasteiger partial charge in [0.25, 0.3) is 0 Å². The van der Waals surface area contributed by atoms with Crippen molar-refractivity contribution in [3.8, 4) is 33.6 Å². The number of aromatic amines is 2. The molecule has 49 heavy (non-hydrogen) atoms. The quantitative estimate of drug-likeness (QED) is 0.161. The van der Waals surface area contributed by atoms with Gasteiger partial charge >= 0.3 is 12.2 Å². The van der Waals surface area contributed by atoms with Gasteiger partial charge in [0.1, 0.15) is 18.3 Å². The number of carbonyl (C=O) groups excluding carboxylic acids is 1. The molecule has 10 heteroatoms. The molecule has 2 amide bonds. The number of amides is 2. The van der Waals surface area contributed by atoms with E-state index in [1.807, 2.05) is 36.5 Å². The Labute approximate surface area is 286 Å². The lowest BCUT2D eigenvalue weighted by Gasteiger charge is -2.24. The van der Waals surface area contributed by atoms with Gasteiger partial charge in [-0.05, 0) is 70.5 Å². The molecule has 2 aromatic heterocycles. The zero-order chi connectivity index (χ0) is 34.1. The van der Waals surface area contributed by atoms with Gasteiger partial charge in [0, 0.05) is 13.1 Å². The van der Waals surface area contributed by atoms with Gasteiger partial charge in [-0.3, -0.25) is 9.80 Å². The Morgan fingerprint density at radius 3 is 2.00 bits per heavy atom. The normalized spacial score (nSPS) is 17.9. The molecule has 2 fully saturated rings. The number of imidazole rings is 2. The molecule has 0 saturated carbocycles. The highest BCUT2D eigenvalue weighted by molar-refractivity contribution is 5.76. The Morgan fingerprint density at radius 2 is 1.37 bits per heavy atom. The van der Waals surface area contributed by atoms with Crippen LogP contribution in [0.1, 0.15) is 81.3 Å². The van der Waals surface area contributed by atoms with Crippen LogP contribution in [0.2, 0.25) is 0 Å². The summed E-state index contributed by atoms with van der Waals surface area (Å²) in [5.74, 6) is 1.46. The van der Waals surface area contributed by atoms with E-state index in [2.05, 4.69) is 78.2 Å². The molecule has 3 N–H and O–H groups in total. The van der Waals surface area contributed by atoms with Gasteiger partial charge < -0.3 is 19.8 Å². The molecule has 2 aliphatic heterocycles. The lowest BCUT2D eigenvalue weighted by molar-refractivity contribution is 0.0909. The van der Waals surface area contributed by atoms with Crippen LogP contribution >= 0.6 is 0 Å². The molecule has 3 aromatic carbocycles. The smallest absolute Gasteiger partial charge is 0.410 e. The number of ether oxygens (including phenoxy) is 1. The molecule has 0 bridgehead atoms. The molecule has 252 valence electrons. The van der Waals surface area contributed by atoms with Crippen molar-refractivity contribution in [1.29, 1.82) is 0 Å². The molecule has 7 rings (SSSR count). The fraction of sp³-hybridized carbons (Fsp3) is 0.333. The third-order valence-corrected chi connectivity index (χ3v) is 9.66. The average Bonchev–Trinajstić information content (AvgIpc) is 3.93. The van der Waals surface area contributed by atoms with Gasteiger partial charge in [-0.1, -0.05) is 87.5 Å². The third-order valence-electron chi connectivity index (χ3n) is 9.66. The number of carbonyl (C=O) groups is 2. The number of nitrogens with zero attached hydrogens (tertiary/aromatic N) is 4. The Morgan fingerprint density at radius 1 is 0.796 bits per heavy atom. The maximum atomic E-state index is 13.0. The van der Waals surface area contributed by atoms with E-state index >= 15 is 0 Å². The summed E-state index contributed by atoms with van der Waals surface area (Å²) < 4.78 is 5.65. The van der Waals surface area contributed by atoms with Crippen LogP contribution in [-0.2, 0) is 16.8 Å². The summed E-state index contributed by atoms with van der Waals surface area (Å²) in [5, 5.41) is 9.55. The molecule has 0 radical (unpaired) electrons. The largest absolute Gasteiger partial charge is 0.465 e. The van der Waals surface area contributed by atoms with Crippen molar-refractivity contribution in [1.82, 2.24) is 29.7 Å². The molecular weight excluding hydrogens is 616 g/mol. The molecule has 4 heterocycles. The summed E-state index contributed by atoms with van der Waals surface area (Å²) in [5.41, 5.74) is 8.10. The predicted molar refractivity (Wildman–Crippen MR) is 188 cm³/mol. The van der Waals surface area contributed by atoms with Gasteiger partial charge in [-0.25, -0.2) is 19.6 Å². The van der Waals surface area contributed by atoms with Crippen LogP contribution in [-0.4, -0.2) is 60.1 Å². The Bertz CT molecular complexity index is 1940. The first-order valence-electron chi connectivity index (χ1n) is 17.0. The molecule has 2 aliphatic rings. The molecule has 2 atom stereocenters. The summed E-state index contributed by atoms with van der Waals surface area (Å²) in [7, 11) is 0. The van der Waals surface area contributed by atoms with Gasteiger partial charge in [0.05, 0.1) is 35.9 Å². The van der Waals surface area contributed by atoms with Gasteiger partial charge in [-0.15, -0.1) is 0 Å². The van der Waals surface area contributed by atoms with Crippen molar-refractivity contribution >= 4 is 12.2 Å². The summed E-state index contributed by atoms with van der Waals surface area (Å²) in [4.78, 5) is 44.1. The first kappa shape index (κ1) is 32.2. The molecule has 2 saturated heterocycles. The number of aromatic nitrogens is 4. The second-order valence-corrected chi connectivity index (χ2v) is 14.0. The maximum absolute atomic E-state index is 13.0. The van der Waals surface area contributed by atoms with Crippen LogP contribution < -0.4 is 0 Å². The van der Waals surface area contributed by atoms with Crippen LogP contribution in [0.4, 0.5) is 9.59 Å². The molecular formula is C39H42N6O4. The maximum Gasteiger partial charge on any atom is 0.410 e. The van der Waals surface area contributed by atoms with E-state index in [1.54, 1.807) is 11.1 Å². The Hall–Kier alpha value is -5.38. The van der Waals surface area contributed by atoms with E-state index in [0.29, 0.717) is 18.9 Å². The average molecular weight is 659 g/mol. The first-order valence-corrected chi connectivity index (χ1v) is 17.0. The SMILES string of the molecule is CC(C)(C)c1cc(-c2cnc(C3CCCN3C(=O)OCc3ccccc3)[nH]2)ccc1-c1ccc(-c2cnc(C3CCCN3C(=O)O)[nH]2)cc1. The molecule has 0 aliphatic carbocycles. The van der Waals surface area contributed by atoms with E-state index in [9.17, 15) is 14.7 Å². The lowest BCUT2D eigenvalue weighted by Crippen LogP contribution is -2.31. The number of carboxylic acid groups (broad SMARTS) is 1. The van der Waals surface area contributed by atoms with E-state index in [1.165, 1.54) is 10.5 Å². The fourth-order valence-electron chi connectivity index (χ4n) is 7.07. The summed E-state index contributed by atoms with van der Waals surface area (Å²) >= 11 is 0. The Kier molecular flexibility index (Phi) is 8.71. The highest BCUT2D eigenvalue weighted by atomic mass is 16.6. The zero-order valence-corrected chi connectivity index (χ0v) is 28.1. The first-order chi connectivity index (χ1) is 23.7. The van der Waals surface area contributed by atoms with Crippen LogP contribution in [0, 0.1) is 0 Å². The van der Waals surface area contributed by atoms with Crippen LogP contribution in [0.15, 0.2) is 85.2 Å². The molecule has 2 unspecified atom stereocenters. The Balaban J connectivity index is 1.09. The topological polar surface area (TPSA) is 127 Å². The number of rotatable bonds is 7. The van der Waals surface area contributed by atoms with Gasteiger partial charge in [0.2, 0.25) is 0 Å². The van der Waals surface area contributed by atoms with Gasteiger partial charge in [-0.2, -0.15) is 0 Å². The minimum Gasteiger partial charge on any atom is -0.465 e. The highest BCUT2D eigenvalue weighted by Crippen LogP contribution is 2.38. The van der Waals surface area contributed by atoms with Crippen LogP contribution in [0.25, 0.3) is 33.6 Å². The molecule has 10 nitrogen and oxygen atoms in total. The van der Waals surface area contributed by atoms with Crippen LogP contribution in [0.3, 0.4) is 0 Å². The van der Waals surface area contributed by atoms with E-state index in [0.717, 1.165) is 70.7 Å². The number of likely N-dealkylation sites (tertiary alicyclic amines) is 2. The van der Waals surface area contributed by atoms with Crippen molar-refractivity contribution < 1.29 is 19.4 Å². The predicted octanol–water partition coefficient (Wildman–Crippen LogP) is 8.72. The fourth-order valence-corrected chi connectivity index (χ4v) is 7.07.